The SMILES string of the molecule is Cc1ccc(F)c(NC2CCOC3(CCCC3)C2)c1F. The number of ether oxygens (including phenoxy) is 1. The van der Waals surface area contributed by atoms with Crippen LogP contribution in [0.1, 0.15) is 44.1 Å². The van der Waals surface area contributed by atoms with Crippen LogP contribution in [0.3, 0.4) is 0 Å². The van der Waals surface area contributed by atoms with Gasteiger partial charge in [0.15, 0.2) is 5.82 Å². The van der Waals surface area contributed by atoms with Gasteiger partial charge in [-0.1, -0.05) is 18.9 Å². The number of rotatable bonds is 2. The molecule has 4 heteroatoms. The highest BCUT2D eigenvalue weighted by Gasteiger charge is 2.40. The van der Waals surface area contributed by atoms with Crippen LogP contribution in [0.4, 0.5) is 14.5 Å². The highest BCUT2D eigenvalue weighted by molar-refractivity contribution is 5.49. The van der Waals surface area contributed by atoms with Gasteiger partial charge in [0.1, 0.15) is 11.5 Å². The number of benzene rings is 1. The molecule has 1 heterocycles. The normalized spacial score (nSPS) is 25.1. The van der Waals surface area contributed by atoms with E-state index in [1.165, 1.54) is 25.0 Å². The molecule has 2 nitrogen and oxygen atoms in total. The van der Waals surface area contributed by atoms with Gasteiger partial charge in [0.2, 0.25) is 0 Å². The predicted octanol–water partition coefficient (Wildman–Crippen LogP) is 4.18. The Morgan fingerprint density at radius 2 is 2.00 bits per heavy atom. The first-order valence-electron chi connectivity index (χ1n) is 7.45. The summed E-state index contributed by atoms with van der Waals surface area (Å²) in [6.07, 6.45) is 6.18. The van der Waals surface area contributed by atoms with Crippen LogP contribution >= 0.6 is 0 Å². The van der Waals surface area contributed by atoms with Crippen LogP contribution < -0.4 is 5.32 Å². The van der Waals surface area contributed by atoms with Crippen molar-refractivity contribution in [2.75, 3.05) is 11.9 Å². The molecular weight excluding hydrogens is 260 g/mol. The third kappa shape index (κ3) is 2.53. The second-order valence-electron chi connectivity index (χ2n) is 6.13. The first kappa shape index (κ1) is 13.8. The topological polar surface area (TPSA) is 21.3 Å². The standard InChI is InChI=1S/C16H21F2NO/c1-11-4-5-13(17)15(14(11)18)19-12-6-9-20-16(10-12)7-2-3-8-16/h4-5,12,19H,2-3,6-10H2,1H3. The smallest absolute Gasteiger partial charge is 0.152 e. The molecule has 1 spiro atoms. The largest absolute Gasteiger partial charge is 0.377 e. The van der Waals surface area contributed by atoms with Crippen LogP contribution in [0, 0.1) is 18.6 Å². The van der Waals surface area contributed by atoms with Gasteiger partial charge < -0.3 is 10.1 Å². The molecular formula is C16H21F2NO. The summed E-state index contributed by atoms with van der Waals surface area (Å²) in [6, 6.07) is 2.89. The molecule has 1 aliphatic heterocycles. The second kappa shape index (κ2) is 5.32. The van der Waals surface area contributed by atoms with Gasteiger partial charge in [-0.15, -0.1) is 0 Å². The van der Waals surface area contributed by atoms with E-state index < -0.39 is 11.6 Å². The Morgan fingerprint density at radius 3 is 2.75 bits per heavy atom. The molecule has 1 aliphatic carbocycles. The fourth-order valence-corrected chi connectivity index (χ4v) is 3.51. The minimum absolute atomic E-state index is 0.0186. The van der Waals surface area contributed by atoms with Crippen molar-refractivity contribution in [3.8, 4) is 0 Å². The molecule has 1 aromatic carbocycles. The monoisotopic (exact) mass is 281 g/mol. The Kier molecular flexibility index (Phi) is 3.67. The van der Waals surface area contributed by atoms with E-state index in [9.17, 15) is 8.78 Å². The van der Waals surface area contributed by atoms with Crippen molar-refractivity contribution in [2.45, 2.75) is 57.1 Å². The van der Waals surface area contributed by atoms with Crippen molar-refractivity contribution in [3.05, 3.63) is 29.3 Å². The van der Waals surface area contributed by atoms with Gasteiger partial charge >= 0.3 is 0 Å². The lowest BCUT2D eigenvalue weighted by atomic mass is 9.88. The maximum absolute atomic E-state index is 14.1. The van der Waals surface area contributed by atoms with Crippen LogP contribution in [0.15, 0.2) is 12.1 Å². The molecule has 1 atom stereocenters. The number of aryl methyl sites for hydroxylation is 1. The average Bonchev–Trinajstić information content (AvgIpc) is 2.87. The summed E-state index contributed by atoms with van der Waals surface area (Å²) in [6.45, 7) is 2.33. The van der Waals surface area contributed by atoms with Gasteiger partial charge in [-0.2, -0.15) is 0 Å². The highest BCUT2D eigenvalue weighted by Crippen LogP contribution is 2.41. The highest BCUT2D eigenvalue weighted by atomic mass is 19.1. The molecule has 2 fully saturated rings. The maximum atomic E-state index is 14.1. The molecule has 110 valence electrons. The van der Waals surface area contributed by atoms with Crippen LogP contribution in [0.5, 0.6) is 0 Å². The Hall–Kier alpha value is -1.16. The van der Waals surface area contributed by atoms with Crippen molar-refractivity contribution < 1.29 is 13.5 Å². The predicted molar refractivity (Wildman–Crippen MR) is 74.9 cm³/mol. The first-order chi connectivity index (χ1) is 9.60. The number of hydrogen-bond acceptors (Lipinski definition) is 2. The van der Waals surface area contributed by atoms with Crippen molar-refractivity contribution in [1.82, 2.24) is 0 Å². The maximum Gasteiger partial charge on any atom is 0.152 e. The number of nitrogens with one attached hydrogen (secondary N) is 1. The Morgan fingerprint density at radius 1 is 1.25 bits per heavy atom. The summed E-state index contributed by atoms with van der Waals surface area (Å²) in [7, 11) is 0. The van der Waals surface area contributed by atoms with E-state index in [0.717, 1.165) is 25.7 Å². The zero-order chi connectivity index (χ0) is 14.2. The van der Waals surface area contributed by atoms with Crippen molar-refractivity contribution >= 4 is 5.69 Å². The van der Waals surface area contributed by atoms with Crippen LogP contribution in [0.25, 0.3) is 0 Å². The Labute approximate surface area is 118 Å². The third-order valence-electron chi connectivity index (χ3n) is 4.64. The van der Waals surface area contributed by atoms with Crippen LogP contribution in [-0.2, 0) is 4.74 Å². The van der Waals surface area contributed by atoms with E-state index in [0.29, 0.717) is 12.2 Å². The van der Waals surface area contributed by atoms with Gasteiger partial charge in [-0.05, 0) is 44.2 Å². The molecule has 1 N–H and O–H groups in total. The molecule has 3 rings (SSSR count). The van der Waals surface area contributed by atoms with Crippen molar-refractivity contribution in [2.24, 2.45) is 0 Å². The molecule has 0 radical (unpaired) electrons. The molecule has 2 aliphatic rings. The summed E-state index contributed by atoms with van der Waals surface area (Å²) in [5, 5.41) is 3.08. The Bertz CT molecular complexity index is 497. The summed E-state index contributed by atoms with van der Waals surface area (Å²) < 4.78 is 33.8. The zero-order valence-corrected chi connectivity index (χ0v) is 11.8. The molecule has 20 heavy (non-hydrogen) atoms. The molecule has 1 saturated heterocycles. The number of halogens is 2. The average molecular weight is 281 g/mol. The summed E-state index contributed by atoms with van der Waals surface area (Å²) in [4.78, 5) is 0. The Balaban J connectivity index is 1.76. The van der Waals surface area contributed by atoms with Crippen molar-refractivity contribution in [1.29, 1.82) is 0 Å². The second-order valence-corrected chi connectivity index (χ2v) is 6.13. The van der Waals surface area contributed by atoms with Gasteiger partial charge in [-0.25, -0.2) is 8.78 Å². The molecule has 1 saturated carbocycles. The molecule has 1 unspecified atom stereocenters. The van der Waals surface area contributed by atoms with Gasteiger partial charge in [0.05, 0.1) is 5.60 Å². The fourth-order valence-electron chi connectivity index (χ4n) is 3.51. The molecule has 0 amide bonds. The van der Waals surface area contributed by atoms with E-state index in [4.69, 9.17) is 4.74 Å². The van der Waals surface area contributed by atoms with E-state index in [2.05, 4.69) is 5.32 Å². The minimum Gasteiger partial charge on any atom is -0.377 e. The van der Waals surface area contributed by atoms with Gasteiger partial charge in [0, 0.05) is 12.6 Å². The van der Waals surface area contributed by atoms with E-state index in [1.54, 1.807) is 6.92 Å². The number of anilines is 1. The summed E-state index contributed by atoms with van der Waals surface area (Å²) in [5.74, 6) is -0.989. The summed E-state index contributed by atoms with van der Waals surface area (Å²) >= 11 is 0. The van der Waals surface area contributed by atoms with Crippen molar-refractivity contribution in [3.63, 3.8) is 0 Å². The van der Waals surface area contributed by atoms with E-state index in [1.807, 2.05) is 0 Å². The summed E-state index contributed by atoms with van der Waals surface area (Å²) in [5.41, 5.74) is 0.439. The molecule has 0 bridgehead atoms. The molecule has 0 aromatic heterocycles. The lowest BCUT2D eigenvalue weighted by molar-refractivity contribution is -0.0767. The van der Waals surface area contributed by atoms with E-state index >= 15 is 0 Å². The lowest BCUT2D eigenvalue weighted by Gasteiger charge is -2.39. The zero-order valence-electron chi connectivity index (χ0n) is 11.8. The van der Waals surface area contributed by atoms with E-state index in [-0.39, 0.29) is 17.3 Å². The van der Waals surface area contributed by atoms with Gasteiger partial charge in [-0.3, -0.25) is 0 Å². The van der Waals surface area contributed by atoms with Crippen LogP contribution in [0.2, 0.25) is 0 Å². The van der Waals surface area contributed by atoms with Crippen LogP contribution in [-0.4, -0.2) is 18.2 Å². The third-order valence-corrected chi connectivity index (χ3v) is 4.64. The number of hydrogen-bond donors (Lipinski definition) is 1. The van der Waals surface area contributed by atoms with Gasteiger partial charge in [0.25, 0.3) is 0 Å². The minimum atomic E-state index is -0.514. The first-order valence-corrected chi connectivity index (χ1v) is 7.45. The fraction of sp³-hybridized carbons (Fsp3) is 0.625. The molecule has 1 aromatic rings. The quantitative estimate of drug-likeness (QED) is 0.878. The lowest BCUT2D eigenvalue weighted by Crippen LogP contribution is -2.42.